The van der Waals surface area contributed by atoms with Crippen molar-refractivity contribution in [2.75, 3.05) is 0 Å². The molecular weight excluding hydrogens is 214 g/mol. The first-order chi connectivity index (χ1) is 7.59. The molecular formula is C10H7NO5. The van der Waals surface area contributed by atoms with Crippen LogP contribution in [0.4, 0.5) is 4.79 Å². The fourth-order valence-electron chi connectivity index (χ4n) is 1.39. The van der Waals surface area contributed by atoms with Crippen LogP contribution in [0.3, 0.4) is 0 Å². The number of nitrogens with one attached hydrogen (secondary N) is 1. The number of aromatic amines is 1. The highest BCUT2D eigenvalue weighted by Gasteiger charge is 2.10. The van der Waals surface area contributed by atoms with Gasteiger partial charge in [-0.3, -0.25) is 4.79 Å². The van der Waals surface area contributed by atoms with Gasteiger partial charge in [0.15, 0.2) is 5.75 Å². The van der Waals surface area contributed by atoms with E-state index in [1.54, 1.807) is 0 Å². The summed E-state index contributed by atoms with van der Waals surface area (Å²) in [7, 11) is 0. The molecule has 0 fully saturated rings. The van der Waals surface area contributed by atoms with Gasteiger partial charge in [-0.25, -0.2) is 4.79 Å². The summed E-state index contributed by atoms with van der Waals surface area (Å²) in [4.78, 5) is 24.6. The fourth-order valence-corrected chi connectivity index (χ4v) is 1.39. The van der Waals surface area contributed by atoms with Gasteiger partial charge in [0.1, 0.15) is 5.75 Å². The zero-order valence-electron chi connectivity index (χ0n) is 7.93. The minimum absolute atomic E-state index is 0.0866. The number of phenols is 1. The normalized spacial score (nSPS) is 10.2. The molecule has 2 rings (SSSR count). The molecule has 16 heavy (non-hydrogen) atoms. The lowest BCUT2D eigenvalue weighted by atomic mass is 10.2. The predicted octanol–water partition coefficient (Wildman–Crippen LogP) is 1.29. The maximum absolute atomic E-state index is 11.7. The van der Waals surface area contributed by atoms with Crippen molar-refractivity contribution in [3.8, 4) is 11.5 Å². The van der Waals surface area contributed by atoms with E-state index < -0.39 is 11.6 Å². The highest BCUT2D eigenvalue weighted by atomic mass is 16.7. The number of phenolic OH excluding ortho intramolecular Hbond substituents is 1. The third kappa shape index (κ3) is 1.56. The van der Waals surface area contributed by atoms with Gasteiger partial charge in [0.2, 0.25) is 5.43 Å². The Labute approximate surface area is 88.7 Å². The van der Waals surface area contributed by atoms with E-state index in [0.29, 0.717) is 0 Å². The van der Waals surface area contributed by atoms with Gasteiger partial charge < -0.3 is 19.9 Å². The lowest BCUT2D eigenvalue weighted by Gasteiger charge is -2.02. The molecule has 1 aromatic carbocycles. The van der Waals surface area contributed by atoms with Gasteiger partial charge in [-0.15, -0.1) is 0 Å². The van der Waals surface area contributed by atoms with Crippen LogP contribution in [0.25, 0.3) is 10.9 Å². The number of hydrogen-bond acceptors (Lipinski definition) is 4. The smallest absolute Gasteiger partial charge is 0.506 e. The molecule has 0 aliphatic carbocycles. The molecule has 0 aliphatic rings. The van der Waals surface area contributed by atoms with Gasteiger partial charge in [-0.2, -0.15) is 0 Å². The van der Waals surface area contributed by atoms with Crippen molar-refractivity contribution in [3.63, 3.8) is 0 Å². The Balaban J connectivity index is 2.71. The second kappa shape index (κ2) is 3.58. The zero-order valence-corrected chi connectivity index (χ0v) is 7.93. The van der Waals surface area contributed by atoms with Gasteiger partial charge in [-0.05, 0) is 12.1 Å². The molecule has 0 saturated carbocycles. The van der Waals surface area contributed by atoms with E-state index in [4.69, 9.17) is 5.11 Å². The summed E-state index contributed by atoms with van der Waals surface area (Å²) in [5.41, 5.74) is -0.350. The molecule has 0 spiro atoms. The summed E-state index contributed by atoms with van der Waals surface area (Å²) in [6.07, 6.45) is -0.469. The van der Waals surface area contributed by atoms with Gasteiger partial charge in [0, 0.05) is 6.20 Å². The second-order valence-corrected chi connectivity index (χ2v) is 3.05. The third-order valence-corrected chi connectivity index (χ3v) is 2.06. The standard InChI is InChI=1S/C10H7NO5/c12-6-3-1-2-5-8(6)11-4-7(9(5)13)16-10(14)15/h1-4,12H,(H,11,13)(H,14,15). The Morgan fingerprint density at radius 2 is 2.12 bits per heavy atom. The highest BCUT2D eigenvalue weighted by molar-refractivity contribution is 5.85. The lowest BCUT2D eigenvalue weighted by molar-refractivity contribution is 0.144. The number of hydrogen-bond donors (Lipinski definition) is 3. The van der Waals surface area contributed by atoms with Crippen LogP contribution in [0.15, 0.2) is 29.2 Å². The number of H-pyrrole nitrogens is 1. The number of rotatable bonds is 1. The average molecular weight is 221 g/mol. The van der Waals surface area contributed by atoms with E-state index in [9.17, 15) is 14.7 Å². The fraction of sp³-hybridized carbons (Fsp3) is 0. The topological polar surface area (TPSA) is 99.6 Å². The molecule has 0 bridgehead atoms. The first kappa shape index (κ1) is 10.0. The van der Waals surface area contributed by atoms with Crippen LogP contribution in [0.2, 0.25) is 0 Å². The minimum atomic E-state index is -1.56. The second-order valence-electron chi connectivity index (χ2n) is 3.05. The molecule has 82 valence electrons. The number of carbonyl (C=O) groups is 1. The van der Waals surface area contributed by atoms with Crippen LogP contribution in [-0.2, 0) is 0 Å². The molecule has 0 amide bonds. The number of aromatic hydroxyl groups is 1. The van der Waals surface area contributed by atoms with Crippen LogP contribution in [0.5, 0.6) is 11.5 Å². The Kier molecular flexibility index (Phi) is 2.24. The maximum Gasteiger partial charge on any atom is 0.511 e. The molecule has 3 N–H and O–H groups in total. The van der Waals surface area contributed by atoms with Gasteiger partial charge in [-0.1, -0.05) is 6.07 Å². The largest absolute Gasteiger partial charge is 0.511 e. The summed E-state index contributed by atoms with van der Waals surface area (Å²) >= 11 is 0. The summed E-state index contributed by atoms with van der Waals surface area (Å²) < 4.78 is 4.28. The van der Waals surface area contributed by atoms with E-state index in [1.807, 2.05) is 0 Å². The number of carboxylic acid groups (broad SMARTS) is 1. The number of aromatic nitrogens is 1. The molecule has 6 nitrogen and oxygen atoms in total. The quantitative estimate of drug-likeness (QED) is 0.630. The zero-order chi connectivity index (χ0) is 11.7. The summed E-state index contributed by atoms with van der Waals surface area (Å²) in [6.45, 7) is 0. The van der Waals surface area contributed by atoms with E-state index in [-0.39, 0.29) is 22.4 Å². The van der Waals surface area contributed by atoms with E-state index >= 15 is 0 Å². The molecule has 0 atom stereocenters. The number of fused-ring (bicyclic) bond motifs is 1. The van der Waals surface area contributed by atoms with Crippen molar-refractivity contribution < 1.29 is 19.7 Å². The van der Waals surface area contributed by atoms with E-state index in [1.165, 1.54) is 18.2 Å². The van der Waals surface area contributed by atoms with Crippen LogP contribution in [0.1, 0.15) is 0 Å². The summed E-state index contributed by atoms with van der Waals surface area (Å²) in [6, 6.07) is 4.36. The van der Waals surface area contributed by atoms with E-state index in [0.717, 1.165) is 6.20 Å². The van der Waals surface area contributed by atoms with Crippen molar-refractivity contribution in [2.24, 2.45) is 0 Å². The minimum Gasteiger partial charge on any atom is -0.506 e. The Hall–Kier alpha value is -2.50. The monoisotopic (exact) mass is 221 g/mol. The number of benzene rings is 1. The van der Waals surface area contributed by atoms with Crippen LogP contribution in [-0.4, -0.2) is 21.4 Å². The Bertz CT molecular complexity index is 616. The summed E-state index contributed by atoms with van der Waals surface area (Å²) in [5, 5.41) is 18.0. The number of pyridine rings is 1. The molecule has 0 aliphatic heterocycles. The third-order valence-electron chi connectivity index (χ3n) is 2.06. The lowest BCUT2D eigenvalue weighted by Crippen LogP contribution is -2.13. The molecule has 0 unspecified atom stereocenters. The molecule has 6 heteroatoms. The van der Waals surface area contributed by atoms with Crippen molar-refractivity contribution in [1.29, 1.82) is 0 Å². The Morgan fingerprint density at radius 3 is 2.81 bits per heavy atom. The van der Waals surface area contributed by atoms with Gasteiger partial charge in [0.05, 0.1) is 10.9 Å². The first-order valence-electron chi connectivity index (χ1n) is 4.34. The van der Waals surface area contributed by atoms with Crippen molar-refractivity contribution in [1.82, 2.24) is 4.98 Å². The first-order valence-corrected chi connectivity index (χ1v) is 4.34. The SMILES string of the molecule is O=C(O)Oc1c[nH]c2c(O)cccc2c1=O. The average Bonchev–Trinajstić information content (AvgIpc) is 2.23. The van der Waals surface area contributed by atoms with Crippen LogP contribution >= 0.6 is 0 Å². The molecule has 1 aromatic heterocycles. The van der Waals surface area contributed by atoms with Crippen LogP contribution in [0, 0.1) is 0 Å². The van der Waals surface area contributed by atoms with Crippen LogP contribution < -0.4 is 10.2 Å². The van der Waals surface area contributed by atoms with Gasteiger partial charge in [0.25, 0.3) is 0 Å². The predicted molar refractivity (Wildman–Crippen MR) is 54.9 cm³/mol. The Morgan fingerprint density at radius 1 is 1.38 bits per heavy atom. The number of para-hydroxylation sites is 1. The van der Waals surface area contributed by atoms with Crippen molar-refractivity contribution in [3.05, 3.63) is 34.6 Å². The maximum atomic E-state index is 11.7. The van der Waals surface area contributed by atoms with Crippen molar-refractivity contribution in [2.45, 2.75) is 0 Å². The molecule has 0 radical (unpaired) electrons. The van der Waals surface area contributed by atoms with Crippen molar-refractivity contribution >= 4 is 17.1 Å². The molecule has 2 aromatic rings. The summed E-state index contributed by atoms with van der Waals surface area (Å²) in [5.74, 6) is -0.415. The molecule has 0 saturated heterocycles. The highest BCUT2D eigenvalue weighted by Crippen LogP contribution is 2.20. The number of ether oxygens (including phenoxy) is 1. The molecule has 1 heterocycles. The van der Waals surface area contributed by atoms with E-state index in [2.05, 4.69) is 9.72 Å². The van der Waals surface area contributed by atoms with Gasteiger partial charge >= 0.3 is 6.16 Å².